The van der Waals surface area contributed by atoms with Crippen molar-refractivity contribution >= 4 is 17.4 Å². The monoisotopic (exact) mass is 239 g/mol. The van der Waals surface area contributed by atoms with E-state index in [4.69, 9.17) is 15.2 Å². The number of hydrogen-bond acceptors (Lipinski definition) is 4. The number of ether oxygens (including phenoxy) is 2. The second kappa shape index (κ2) is 6.72. The van der Waals surface area contributed by atoms with E-state index in [0.717, 1.165) is 0 Å². The van der Waals surface area contributed by atoms with E-state index < -0.39 is 6.29 Å². The van der Waals surface area contributed by atoms with E-state index in [-0.39, 0.29) is 12.6 Å². The van der Waals surface area contributed by atoms with Gasteiger partial charge in [-0.15, -0.1) is 0 Å². The molecule has 6 nitrogen and oxygen atoms in total. The van der Waals surface area contributed by atoms with Crippen LogP contribution in [0.5, 0.6) is 0 Å². The van der Waals surface area contributed by atoms with Gasteiger partial charge in [0.05, 0.1) is 6.54 Å². The number of urea groups is 1. The third-order valence-corrected chi connectivity index (χ3v) is 2.12. The zero-order valence-corrected chi connectivity index (χ0v) is 9.90. The third-order valence-electron chi connectivity index (χ3n) is 2.12. The lowest BCUT2D eigenvalue weighted by molar-refractivity contribution is -0.0970. The van der Waals surface area contributed by atoms with Gasteiger partial charge in [0, 0.05) is 25.6 Å². The van der Waals surface area contributed by atoms with Gasteiger partial charge >= 0.3 is 6.03 Å². The van der Waals surface area contributed by atoms with Crippen molar-refractivity contribution in [1.82, 2.24) is 5.32 Å². The fourth-order valence-electron chi connectivity index (χ4n) is 1.18. The molecular weight excluding hydrogens is 222 g/mol. The summed E-state index contributed by atoms with van der Waals surface area (Å²) < 4.78 is 9.87. The SMILES string of the molecule is COC(CNC(=O)Nc1ccc(N)cc1)OC. The number of carbonyl (C=O) groups is 1. The highest BCUT2D eigenvalue weighted by atomic mass is 16.7. The molecule has 0 fully saturated rings. The van der Waals surface area contributed by atoms with Crippen LogP contribution in [0.3, 0.4) is 0 Å². The maximum absolute atomic E-state index is 11.5. The lowest BCUT2D eigenvalue weighted by Crippen LogP contribution is -2.36. The number of hydrogen-bond donors (Lipinski definition) is 3. The van der Waals surface area contributed by atoms with Crippen molar-refractivity contribution in [3.8, 4) is 0 Å². The Labute approximate surface area is 100 Å². The minimum absolute atomic E-state index is 0.272. The Morgan fingerprint density at radius 3 is 2.41 bits per heavy atom. The fraction of sp³-hybridized carbons (Fsp3) is 0.364. The van der Waals surface area contributed by atoms with Crippen LogP contribution in [-0.2, 0) is 9.47 Å². The van der Waals surface area contributed by atoms with Crippen LogP contribution in [0.4, 0.5) is 16.2 Å². The third kappa shape index (κ3) is 4.71. The standard InChI is InChI=1S/C11H17N3O3/c1-16-10(17-2)7-13-11(15)14-9-5-3-8(12)4-6-9/h3-6,10H,7,12H2,1-2H3,(H2,13,14,15). The van der Waals surface area contributed by atoms with Crippen molar-refractivity contribution in [1.29, 1.82) is 0 Å². The van der Waals surface area contributed by atoms with Gasteiger partial charge in [0.25, 0.3) is 0 Å². The van der Waals surface area contributed by atoms with Crippen LogP contribution in [0.25, 0.3) is 0 Å². The molecule has 1 aromatic rings. The minimum Gasteiger partial charge on any atom is -0.399 e. The molecular formula is C11H17N3O3. The molecule has 0 spiro atoms. The Morgan fingerprint density at radius 2 is 1.88 bits per heavy atom. The number of amides is 2. The Kier molecular flexibility index (Phi) is 5.25. The summed E-state index contributed by atoms with van der Waals surface area (Å²) in [5.74, 6) is 0. The van der Waals surface area contributed by atoms with E-state index in [1.807, 2.05) is 0 Å². The molecule has 17 heavy (non-hydrogen) atoms. The highest BCUT2D eigenvalue weighted by molar-refractivity contribution is 5.89. The van der Waals surface area contributed by atoms with E-state index in [9.17, 15) is 4.79 Å². The van der Waals surface area contributed by atoms with Gasteiger partial charge in [-0.25, -0.2) is 4.79 Å². The highest BCUT2D eigenvalue weighted by Gasteiger charge is 2.07. The summed E-state index contributed by atoms with van der Waals surface area (Å²) >= 11 is 0. The van der Waals surface area contributed by atoms with Gasteiger partial charge in [-0.05, 0) is 24.3 Å². The Morgan fingerprint density at radius 1 is 1.29 bits per heavy atom. The summed E-state index contributed by atoms with van der Waals surface area (Å²) in [5, 5.41) is 5.27. The smallest absolute Gasteiger partial charge is 0.319 e. The Bertz CT molecular complexity index is 349. The second-order valence-electron chi connectivity index (χ2n) is 3.36. The molecule has 1 rings (SSSR count). The predicted molar refractivity (Wildman–Crippen MR) is 65.7 cm³/mol. The van der Waals surface area contributed by atoms with Crippen molar-refractivity contribution in [2.45, 2.75) is 6.29 Å². The molecule has 0 aromatic heterocycles. The molecule has 0 atom stereocenters. The van der Waals surface area contributed by atoms with Crippen LogP contribution >= 0.6 is 0 Å². The summed E-state index contributed by atoms with van der Waals surface area (Å²) in [6, 6.07) is 6.54. The van der Waals surface area contributed by atoms with Crippen LogP contribution in [0.1, 0.15) is 0 Å². The van der Waals surface area contributed by atoms with E-state index >= 15 is 0 Å². The molecule has 0 aliphatic carbocycles. The van der Waals surface area contributed by atoms with Gasteiger partial charge in [-0.2, -0.15) is 0 Å². The van der Waals surface area contributed by atoms with E-state index in [1.165, 1.54) is 14.2 Å². The number of nitrogens with two attached hydrogens (primary N) is 1. The van der Waals surface area contributed by atoms with E-state index in [0.29, 0.717) is 11.4 Å². The van der Waals surface area contributed by atoms with Crippen molar-refractivity contribution in [3.63, 3.8) is 0 Å². The zero-order chi connectivity index (χ0) is 12.7. The average molecular weight is 239 g/mol. The molecule has 0 aliphatic rings. The quantitative estimate of drug-likeness (QED) is 0.528. The first-order chi connectivity index (χ1) is 8.15. The van der Waals surface area contributed by atoms with Gasteiger partial charge in [0.15, 0.2) is 6.29 Å². The van der Waals surface area contributed by atoms with Crippen molar-refractivity contribution in [3.05, 3.63) is 24.3 Å². The normalized spacial score (nSPS) is 10.3. The molecule has 0 saturated heterocycles. The fourth-order valence-corrected chi connectivity index (χ4v) is 1.18. The first-order valence-corrected chi connectivity index (χ1v) is 5.11. The number of rotatable bonds is 5. The number of carbonyl (C=O) groups excluding carboxylic acids is 1. The Hall–Kier alpha value is -1.79. The Balaban J connectivity index is 2.37. The van der Waals surface area contributed by atoms with Crippen molar-refractivity contribution in [2.24, 2.45) is 0 Å². The van der Waals surface area contributed by atoms with Crippen LogP contribution in [0.15, 0.2) is 24.3 Å². The lowest BCUT2D eigenvalue weighted by Gasteiger charge is -2.14. The average Bonchev–Trinajstić information content (AvgIpc) is 2.33. The molecule has 0 aliphatic heterocycles. The molecule has 0 saturated carbocycles. The van der Waals surface area contributed by atoms with Gasteiger partial charge in [0.1, 0.15) is 0 Å². The summed E-state index contributed by atoms with van der Waals surface area (Å²) in [6.45, 7) is 0.272. The van der Waals surface area contributed by atoms with Crippen molar-refractivity contribution in [2.75, 3.05) is 31.8 Å². The largest absolute Gasteiger partial charge is 0.399 e. The zero-order valence-electron chi connectivity index (χ0n) is 9.90. The molecule has 2 amide bonds. The lowest BCUT2D eigenvalue weighted by atomic mass is 10.3. The summed E-state index contributed by atoms with van der Waals surface area (Å²) in [6.07, 6.45) is -0.452. The number of nitrogen functional groups attached to an aromatic ring is 1. The molecule has 94 valence electrons. The molecule has 0 heterocycles. The molecule has 0 radical (unpaired) electrons. The van der Waals surface area contributed by atoms with Crippen LogP contribution in [0, 0.1) is 0 Å². The summed E-state index contributed by atoms with van der Waals surface area (Å²) in [5.41, 5.74) is 6.85. The topological polar surface area (TPSA) is 85.6 Å². The summed E-state index contributed by atoms with van der Waals surface area (Å²) in [7, 11) is 3.02. The molecule has 4 N–H and O–H groups in total. The van der Waals surface area contributed by atoms with Gasteiger partial charge < -0.3 is 25.8 Å². The number of nitrogens with one attached hydrogen (secondary N) is 2. The maximum atomic E-state index is 11.5. The van der Waals surface area contributed by atoms with Gasteiger partial charge in [0.2, 0.25) is 0 Å². The number of anilines is 2. The van der Waals surface area contributed by atoms with E-state index in [2.05, 4.69) is 10.6 Å². The molecule has 6 heteroatoms. The predicted octanol–water partition coefficient (Wildman–Crippen LogP) is 1.01. The number of benzene rings is 1. The first-order valence-electron chi connectivity index (χ1n) is 5.11. The molecule has 1 aromatic carbocycles. The molecule has 0 bridgehead atoms. The van der Waals surface area contributed by atoms with Crippen LogP contribution < -0.4 is 16.4 Å². The first kappa shape index (κ1) is 13.3. The highest BCUT2D eigenvalue weighted by Crippen LogP contribution is 2.09. The number of methoxy groups -OCH3 is 2. The second-order valence-corrected chi connectivity index (χ2v) is 3.36. The van der Waals surface area contributed by atoms with Crippen LogP contribution in [0.2, 0.25) is 0 Å². The molecule has 0 unspecified atom stereocenters. The maximum Gasteiger partial charge on any atom is 0.319 e. The van der Waals surface area contributed by atoms with Crippen LogP contribution in [-0.4, -0.2) is 33.1 Å². The minimum atomic E-state index is -0.452. The van der Waals surface area contributed by atoms with E-state index in [1.54, 1.807) is 24.3 Å². The van der Waals surface area contributed by atoms with Gasteiger partial charge in [-0.3, -0.25) is 0 Å². The summed E-state index contributed by atoms with van der Waals surface area (Å²) in [4.78, 5) is 11.5. The van der Waals surface area contributed by atoms with Gasteiger partial charge in [-0.1, -0.05) is 0 Å². The van der Waals surface area contributed by atoms with Crippen molar-refractivity contribution < 1.29 is 14.3 Å².